The van der Waals surface area contributed by atoms with Crippen molar-refractivity contribution in [2.45, 2.75) is 45.5 Å². The van der Waals surface area contributed by atoms with E-state index < -0.39 is 0 Å². The third kappa shape index (κ3) is 5.52. The predicted octanol–water partition coefficient (Wildman–Crippen LogP) is 2.49. The van der Waals surface area contributed by atoms with Crippen LogP contribution in [0.2, 0.25) is 0 Å². The summed E-state index contributed by atoms with van der Waals surface area (Å²) in [4.78, 5) is 35.5. The summed E-state index contributed by atoms with van der Waals surface area (Å²) in [6.45, 7) is 6.34. The minimum atomic E-state index is -0.229. The quantitative estimate of drug-likeness (QED) is 0.511. The van der Waals surface area contributed by atoms with Gasteiger partial charge in [-0.2, -0.15) is 0 Å². The van der Waals surface area contributed by atoms with E-state index in [9.17, 15) is 9.59 Å². The molecule has 2 atom stereocenters. The summed E-state index contributed by atoms with van der Waals surface area (Å²) in [6, 6.07) is 12.7. The Hall–Kier alpha value is -3.85. The highest BCUT2D eigenvalue weighted by atomic mass is 16.5. The second kappa shape index (κ2) is 10.4. The highest BCUT2D eigenvalue weighted by Crippen LogP contribution is 2.24. The molecule has 9 heteroatoms. The highest BCUT2D eigenvalue weighted by Gasteiger charge is 2.33. The van der Waals surface area contributed by atoms with Gasteiger partial charge in [-0.1, -0.05) is 18.2 Å². The largest absolute Gasteiger partial charge is 0.488 e. The predicted molar refractivity (Wildman–Crippen MR) is 134 cm³/mol. The lowest BCUT2D eigenvalue weighted by molar-refractivity contribution is -0.123. The topological polar surface area (TPSA) is 109 Å². The number of hydrogen-bond acceptors (Lipinski definition) is 6. The van der Waals surface area contributed by atoms with Gasteiger partial charge in [-0.15, -0.1) is 0 Å². The molecule has 0 aliphatic carbocycles. The van der Waals surface area contributed by atoms with Gasteiger partial charge in [0.05, 0.1) is 18.1 Å². The average molecular weight is 490 g/mol. The molecule has 6 rings (SSSR count). The van der Waals surface area contributed by atoms with Crippen molar-refractivity contribution in [3.8, 4) is 11.5 Å². The fraction of sp³-hybridized carbons (Fsp3) is 0.370. The summed E-state index contributed by atoms with van der Waals surface area (Å²) in [6.07, 6.45) is 2.28. The first-order chi connectivity index (χ1) is 17.4. The number of carbonyl (C=O) groups excluding carboxylic acids is 2. The molecule has 3 aliphatic rings. The molecule has 4 heterocycles. The van der Waals surface area contributed by atoms with Crippen molar-refractivity contribution in [3.63, 3.8) is 0 Å². The van der Waals surface area contributed by atoms with Gasteiger partial charge in [0.15, 0.2) is 6.61 Å². The van der Waals surface area contributed by atoms with Crippen LogP contribution in [0.1, 0.15) is 39.3 Å². The fourth-order valence-corrected chi connectivity index (χ4v) is 4.58. The number of rotatable bonds is 2. The maximum absolute atomic E-state index is 13.3. The number of aromatic amines is 1. The van der Waals surface area contributed by atoms with Crippen LogP contribution in [0.4, 0.5) is 0 Å². The molecule has 3 aliphatic heterocycles. The molecule has 2 aromatic carbocycles. The summed E-state index contributed by atoms with van der Waals surface area (Å²) < 4.78 is 12.1. The maximum atomic E-state index is 13.3. The first-order valence-electron chi connectivity index (χ1n) is 12.2. The number of amides is 2. The number of nitrogens with zero attached hydrogens (tertiary/aromatic N) is 2. The van der Waals surface area contributed by atoms with Gasteiger partial charge in [0.25, 0.3) is 11.8 Å². The SMILES string of the molecule is Cc1ccc2cc1OCC(=O)NCc1ccc(cc1)O[C@H]1CCN(Cc3nc[nH]c3C)C[C@@H]1NC2=O. The van der Waals surface area contributed by atoms with E-state index in [0.717, 1.165) is 41.2 Å². The van der Waals surface area contributed by atoms with Gasteiger partial charge in [-0.3, -0.25) is 14.5 Å². The Balaban J connectivity index is 1.41. The zero-order valence-electron chi connectivity index (χ0n) is 20.5. The molecule has 36 heavy (non-hydrogen) atoms. The number of piperidine rings is 1. The van der Waals surface area contributed by atoms with E-state index in [1.54, 1.807) is 18.5 Å². The lowest BCUT2D eigenvalue weighted by atomic mass is 10.0. The van der Waals surface area contributed by atoms with Gasteiger partial charge in [0.2, 0.25) is 0 Å². The lowest BCUT2D eigenvalue weighted by Crippen LogP contribution is -2.56. The van der Waals surface area contributed by atoms with Crippen LogP contribution in [-0.4, -0.2) is 58.5 Å². The number of ether oxygens (including phenoxy) is 2. The van der Waals surface area contributed by atoms with Gasteiger partial charge < -0.3 is 25.1 Å². The van der Waals surface area contributed by atoms with Crippen molar-refractivity contribution in [1.29, 1.82) is 0 Å². The molecular formula is C27H31N5O4. The van der Waals surface area contributed by atoms with Gasteiger partial charge in [-0.25, -0.2) is 4.98 Å². The van der Waals surface area contributed by atoms with Gasteiger partial charge >= 0.3 is 0 Å². The molecule has 9 nitrogen and oxygen atoms in total. The number of fused-ring (bicyclic) bond motifs is 7. The number of aryl methyl sites for hydroxylation is 2. The number of hydrogen-bond donors (Lipinski definition) is 3. The second-order valence-corrected chi connectivity index (χ2v) is 9.42. The minimum Gasteiger partial charge on any atom is -0.488 e. The van der Waals surface area contributed by atoms with Crippen molar-refractivity contribution in [1.82, 2.24) is 25.5 Å². The van der Waals surface area contributed by atoms with Crippen molar-refractivity contribution in [2.75, 3.05) is 19.7 Å². The van der Waals surface area contributed by atoms with Crippen molar-refractivity contribution in [3.05, 3.63) is 76.9 Å². The third-order valence-electron chi connectivity index (χ3n) is 6.77. The Bertz CT molecular complexity index is 1240. The summed E-state index contributed by atoms with van der Waals surface area (Å²) in [5.41, 5.74) is 4.35. The van der Waals surface area contributed by atoms with Crippen LogP contribution in [0, 0.1) is 13.8 Å². The van der Waals surface area contributed by atoms with E-state index in [4.69, 9.17) is 9.47 Å². The van der Waals surface area contributed by atoms with E-state index >= 15 is 0 Å². The molecule has 0 spiro atoms. The van der Waals surface area contributed by atoms with Gasteiger partial charge in [0.1, 0.15) is 17.6 Å². The van der Waals surface area contributed by atoms with Crippen LogP contribution >= 0.6 is 0 Å². The monoisotopic (exact) mass is 489 g/mol. The Morgan fingerprint density at radius 1 is 1.11 bits per heavy atom. The minimum absolute atomic E-state index is 0.126. The molecule has 0 radical (unpaired) electrons. The summed E-state index contributed by atoms with van der Waals surface area (Å²) in [5.74, 6) is 0.807. The van der Waals surface area contributed by atoms with Gasteiger partial charge in [-0.05, 0) is 55.7 Å². The van der Waals surface area contributed by atoms with E-state index in [2.05, 4.69) is 25.5 Å². The van der Waals surface area contributed by atoms with E-state index in [-0.39, 0.29) is 30.6 Å². The van der Waals surface area contributed by atoms with E-state index in [0.29, 0.717) is 30.9 Å². The van der Waals surface area contributed by atoms with Crippen LogP contribution in [-0.2, 0) is 17.9 Å². The molecule has 3 N–H and O–H groups in total. The number of likely N-dealkylation sites (tertiary alicyclic amines) is 1. The molecule has 1 fully saturated rings. The number of benzene rings is 2. The van der Waals surface area contributed by atoms with Crippen molar-refractivity contribution < 1.29 is 19.1 Å². The van der Waals surface area contributed by atoms with Crippen LogP contribution in [0.25, 0.3) is 0 Å². The first-order valence-corrected chi connectivity index (χ1v) is 12.2. The zero-order chi connectivity index (χ0) is 25.1. The number of carbonyl (C=O) groups is 2. The van der Waals surface area contributed by atoms with Crippen LogP contribution in [0.3, 0.4) is 0 Å². The molecule has 0 saturated carbocycles. The molecule has 2 amide bonds. The number of aromatic nitrogens is 2. The molecule has 4 bridgehead atoms. The Morgan fingerprint density at radius 3 is 2.72 bits per heavy atom. The highest BCUT2D eigenvalue weighted by molar-refractivity contribution is 5.95. The standard InChI is InChI=1S/C27H31N5O4/c1-17-3-6-20-11-25(17)35-15-26(33)28-12-19-4-7-21(8-5-19)36-24-9-10-32(14-23(24)31-27(20)34)13-22-18(2)29-16-30-22/h3-8,11,16,23-24H,9-10,12-15H2,1-2H3,(H,28,33)(H,29,30)(H,31,34)/t23-,24-/m0/s1. The normalized spacial score (nSPS) is 20.9. The summed E-state index contributed by atoms with van der Waals surface area (Å²) in [5, 5.41) is 6.06. The fourth-order valence-electron chi connectivity index (χ4n) is 4.58. The molecule has 0 unspecified atom stereocenters. The Kier molecular flexibility index (Phi) is 6.90. The molecular weight excluding hydrogens is 458 g/mol. The maximum Gasteiger partial charge on any atom is 0.258 e. The second-order valence-electron chi connectivity index (χ2n) is 9.42. The molecule has 3 aromatic rings. The van der Waals surface area contributed by atoms with Crippen molar-refractivity contribution in [2.24, 2.45) is 0 Å². The smallest absolute Gasteiger partial charge is 0.258 e. The number of H-pyrrole nitrogens is 1. The van der Waals surface area contributed by atoms with E-state index in [1.807, 2.05) is 44.2 Å². The Labute approximate surface area is 210 Å². The average Bonchev–Trinajstić information content (AvgIpc) is 3.28. The third-order valence-corrected chi connectivity index (χ3v) is 6.77. The first kappa shape index (κ1) is 23.9. The zero-order valence-corrected chi connectivity index (χ0v) is 20.5. The number of nitrogens with one attached hydrogen (secondary N) is 3. The molecule has 1 saturated heterocycles. The van der Waals surface area contributed by atoms with Gasteiger partial charge in [0, 0.05) is 37.4 Å². The van der Waals surface area contributed by atoms with Crippen LogP contribution in [0.15, 0.2) is 48.8 Å². The molecule has 1 aromatic heterocycles. The van der Waals surface area contributed by atoms with Crippen molar-refractivity contribution >= 4 is 11.8 Å². The van der Waals surface area contributed by atoms with E-state index in [1.165, 1.54) is 0 Å². The van der Waals surface area contributed by atoms with Crippen LogP contribution in [0.5, 0.6) is 11.5 Å². The van der Waals surface area contributed by atoms with Crippen LogP contribution < -0.4 is 20.1 Å². The number of imidazole rings is 1. The lowest BCUT2D eigenvalue weighted by Gasteiger charge is -2.38. The summed E-state index contributed by atoms with van der Waals surface area (Å²) in [7, 11) is 0. The summed E-state index contributed by atoms with van der Waals surface area (Å²) >= 11 is 0. The molecule has 188 valence electrons. The Morgan fingerprint density at radius 2 is 1.94 bits per heavy atom.